The summed E-state index contributed by atoms with van der Waals surface area (Å²) in [5, 5.41) is 3.35. The lowest BCUT2D eigenvalue weighted by molar-refractivity contribution is -0.116. The van der Waals surface area contributed by atoms with Crippen molar-refractivity contribution in [1.82, 2.24) is 10.2 Å². The monoisotopic (exact) mass is 382 g/mol. The number of benzene rings is 1. The third-order valence-electron chi connectivity index (χ3n) is 3.96. The Balaban J connectivity index is 1.87. The summed E-state index contributed by atoms with van der Waals surface area (Å²) in [4.78, 5) is 14.2. The topological polar surface area (TPSA) is 60.0 Å². The fourth-order valence-corrected chi connectivity index (χ4v) is 2.85. The van der Waals surface area contributed by atoms with Gasteiger partial charge in [0.1, 0.15) is 0 Å². The van der Waals surface area contributed by atoms with Gasteiger partial charge in [-0.15, -0.1) is 0 Å². The Hall–Kier alpha value is -1.76. The van der Waals surface area contributed by atoms with Gasteiger partial charge in [-0.1, -0.05) is 18.5 Å². The molecule has 144 valence electrons. The number of halogens is 1. The molecule has 1 amide bonds. The van der Waals surface area contributed by atoms with Crippen LogP contribution in [0.3, 0.4) is 0 Å². The fraction of sp³-hybridized carbons (Fsp3) is 0.526. The van der Waals surface area contributed by atoms with Gasteiger partial charge >= 0.3 is 0 Å². The number of amides is 1. The molecular formula is C19H27ClN2O4. The van der Waals surface area contributed by atoms with Crippen molar-refractivity contribution in [3.63, 3.8) is 0 Å². The summed E-state index contributed by atoms with van der Waals surface area (Å²) in [6.45, 7) is 7.37. The predicted octanol–water partition coefficient (Wildman–Crippen LogP) is 2.60. The first kappa shape index (κ1) is 20.6. The molecule has 7 heteroatoms. The molecule has 1 N–H and O–H groups in total. The Bertz CT molecular complexity index is 616. The highest BCUT2D eigenvalue weighted by Gasteiger charge is 2.12. The van der Waals surface area contributed by atoms with Crippen molar-refractivity contribution in [2.45, 2.75) is 13.3 Å². The van der Waals surface area contributed by atoms with E-state index in [0.29, 0.717) is 29.7 Å². The van der Waals surface area contributed by atoms with Crippen LogP contribution < -0.4 is 14.8 Å². The molecule has 26 heavy (non-hydrogen) atoms. The van der Waals surface area contributed by atoms with Gasteiger partial charge in [0.05, 0.1) is 32.0 Å². The lowest BCUT2D eigenvalue weighted by Crippen LogP contribution is -2.41. The second kappa shape index (κ2) is 11.1. The number of ether oxygens (including phenoxy) is 3. The van der Waals surface area contributed by atoms with Crippen LogP contribution in [0.2, 0.25) is 5.02 Å². The molecule has 0 saturated carbocycles. The Kier molecular flexibility index (Phi) is 8.74. The maximum absolute atomic E-state index is 12.0. The average Bonchev–Trinajstić information content (AvgIpc) is 2.66. The molecule has 0 unspecified atom stereocenters. The van der Waals surface area contributed by atoms with Crippen molar-refractivity contribution in [3.8, 4) is 11.5 Å². The SMILES string of the molecule is CCCOc1c(Cl)cc(/C=C/C(=O)NCCN2CCOCC2)cc1OC. The Morgan fingerprint density at radius 2 is 2.15 bits per heavy atom. The molecule has 1 saturated heterocycles. The number of carbonyl (C=O) groups is 1. The normalized spacial score (nSPS) is 15.2. The Labute approximate surface area is 160 Å². The molecular weight excluding hydrogens is 356 g/mol. The smallest absolute Gasteiger partial charge is 0.244 e. The first-order valence-electron chi connectivity index (χ1n) is 8.90. The van der Waals surface area contributed by atoms with Crippen LogP contribution in [-0.4, -0.2) is 63.9 Å². The summed E-state index contributed by atoms with van der Waals surface area (Å²) in [7, 11) is 1.57. The van der Waals surface area contributed by atoms with Crippen LogP contribution in [0.4, 0.5) is 0 Å². The molecule has 0 radical (unpaired) electrons. The molecule has 1 aromatic rings. The van der Waals surface area contributed by atoms with Gasteiger partial charge in [0, 0.05) is 32.3 Å². The van der Waals surface area contributed by atoms with Gasteiger partial charge in [-0.05, 0) is 30.2 Å². The molecule has 1 heterocycles. The number of hydrogen-bond donors (Lipinski definition) is 1. The van der Waals surface area contributed by atoms with E-state index in [-0.39, 0.29) is 5.91 Å². The molecule has 6 nitrogen and oxygen atoms in total. The zero-order valence-electron chi connectivity index (χ0n) is 15.4. The molecule has 1 aliphatic rings. The van der Waals surface area contributed by atoms with Crippen molar-refractivity contribution in [3.05, 3.63) is 28.8 Å². The van der Waals surface area contributed by atoms with Gasteiger partial charge in [-0.2, -0.15) is 0 Å². The highest BCUT2D eigenvalue weighted by molar-refractivity contribution is 6.32. The summed E-state index contributed by atoms with van der Waals surface area (Å²) in [6.07, 6.45) is 4.09. The van der Waals surface area contributed by atoms with Crippen LogP contribution in [0.5, 0.6) is 11.5 Å². The zero-order chi connectivity index (χ0) is 18.8. The zero-order valence-corrected chi connectivity index (χ0v) is 16.2. The van der Waals surface area contributed by atoms with E-state index in [9.17, 15) is 4.79 Å². The predicted molar refractivity (Wildman–Crippen MR) is 103 cm³/mol. The third kappa shape index (κ3) is 6.52. The fourth-order valence-electron chi connectivity index (χ4n) is 2.57. The summed E-state index contributed by atoms with van der Waals surface area (Å²) in [6, 6.07) is 3.56. The first-order valence-corrected chi connectivity index (χ1v) is 9.28. The third-order valence-corrected chi connectivity index (χ3v) is 4.24. The Morgan fingerprint density at radius 1 is 1.38 bits per heavy atom. The maximum atomic E-state index is 12.0. The highest BCUT2D eigenvalue weighted by atomic mass is 35.5. The van der Waals surface area contributed by atoms with Crippen LogP contribution in [0, 0.1) is 0 Å². The van der Waals surface area contributed by atoms with Crippen LogP contribution in [0.25, 0.3) is 6.08 Å². The molecule has 1 fully saturated rings. The number of hydrogen-bond acceptors (Lipinski definition) is 5. The molecule has 0 aliphatic carbocycles. The van der Waals surface area contributed by atoms with E-state index in [0.717, 1.165) is 44.8 Å². The van der Waals surface area contributed by atoms with Gasteiger partial charge in [0.25, 0.3) is 0 Å². The van der Waals surface area contributed by atoms with Gasteiger partial charge in [0.2, 0.25) is 5.91 Å². The minimum absolute atomic E-state index is 0.139. The Morgan fingerprint density at radius 3 is 2.85 bits per heavy atom. The van der Waals surface area contributed by atoms with Crippen molar-refractivity contribution in [1.29, 1.82) is 0 Å². The van der Waals surface area contributed by atoms with Crippen molar-refractivity contribution < 1.29 is 19.0 Å². The minimum Gasteiger partial charge on any atom is -0.493 e. The van der Waals surface area contributed by atoms with Crippen molar-refractivity contribution >= 4 is 23.6 Å². The lowest BCUT2D eigenvalue weighted by Gasteiger charge is -2.26. The van der Waals surface area contributed by atoms with Gasteiger partial charge < -0.3 is 19.5 Å². The summed E-state index contributed by atoms with van der Waals surface area (Å²) >= 11 is 6.28. The molecule has 2 rings (SSSR count). The molecule has 0 spiro atoms. The standard InChI is InChI=1S/C19H27ClN2O4/c1-3-10-26-19-16(20)13-15(14-17(19)24-2)4-5-18(23)21-6-7-22-8-11-25-12-9-22/h4-5,13-14H,3,6-12H2,1-2H3,(H,21,23)/b5-4+. The van der Waals surface area contributed by atoms with Crippen LogP contribution in [-0.2, 0) is 9.53 Å². The maximum Gasteiger partial charge on any atom is 0.244 e. The molecule has 0 atom stereocenters. The van der Waals surface area contributed by atoms with Crippen LogP contribution in [0.15, 0.2) is 18.2 Å². The number of nitrogens with zero attached hydrogens (tertiary/aromatic N) is 1. The number of morpholine rings is 1. The van der Waals surface area contributed by atoms with E-state index in [4.69, 9.17) is 25.8 Å². The number of rotatable bonds is 9. The number of carbonyl (C=O) groups excluding carboxylic acids is 1. The van der Waals surface area contributed by atoms with Gasteiger partial charge in [-0.3, -0.25) is 9.69 Å². The van der Waals surface area contributed by atoms with Crippen LogP contribution >= 0.6 is 11.6 Å². The molecule has 0 aromatic heterocycles. The average molecular weight is 383 g/mol. The largest absolute Gasteiger partial charge is 0.493 e. The summed E-state index contributed by atoms with van der Waals surface area (Å²) in [5.74, 6) is 0.945. The number of methoxy groups -OCH3 is 1. The van der Waals surface area contributed by atoms with Gasteiger partial charge in [-0.25, -0.2) is 0 Å². The lowest BCUT2D eigenvalue weighted by atomic mass is 10.2. The van der Waals surface area contributed by atoms with E-state index in [2.05, 4.69) is 10.2 Å². The van der Waals surface area contributed by atoms with E-state index < -0.39 is 0 Å². The summed E-state index contributed by atoms with van der Waals surface area (Å²) < 4.78 is 16.3. The quantitative estimate of drug-likeness (QED) is 0.665. The first-order chi connectivity index (χ1) is 12.6. The second-order valence-electron chi connectivity index (χ2n) is 5.96. The van der Waals surface area contributed by atoms with E-state index in [1.165, 1.54) is 6.08 Å². The second-order valence-corrected chi connectivity index (χ2v) is 6.37. The van der Waals surface area contributed by atoms with Crippen molar-refractivity contribution in [2.24, 2.45) is 0 Å². The molecule has 1 aromatic carbocycles. The summed E-state index contributed by atoms with van der Waals surface area (Å²) in [5.41, 5.74) is 0.777. The molecule has 1 aliphatic heterocycles. The van der Waals surface area contributed by atoms with Crippen molar-refractivity contribution in [2.75, 3.05) is 53.1 Å². The highest BCUT2D eigenvalue weighted by Crippen LogP contribution is 2.36. The minimum atomic E-state index is -0.139. The van der Waals surface area contributed by atoms with E-state index >= 15 is 0 Å². The van der Waals surface area contributed by atoms with Crippen LogP contribution in [0.1, 0.15) is 18.9 Å². The van der Waals surface area contributed by atoms with Gasteiger partial charge in [0.15, 0.2) is 11.5 Å². The van der Waals surface area contributed by atoms with E-state index in [1.807, 2.05) is 6.92 Å². The van der Waals surface area contributed by atoms with E-state index in [1.54, 1.807) is 25.3 Å². The molecule has 0 bridgehead atoms. The number of nitrogens with one attached hydrogen (secondary N) is 1.